The molecule has 24 nitrogen and oxygen atoms in total. The third-order valence-corrected chi connectivity index (χ3v) is 10.6. The van der Waals surface area contributed by atoms with Gasteiger partial charge in [0, 0.05) is 76.5 Å². The molecule has 3 heterocycles. The zero-order chi connectivity index (χ0) is 53.4. The molecule has 2 atom stereocenters. The van der Waals surface area contributed by atoms with E-state index < -0.39 is 76.0 Å². The van der Waals surface area contributed by atoms with Crippen molar-refractivity contribution < 1.29 is 52.9 Å². The van der Waals surface area contributed by atoms with Crippen molar-refractivity contribution in [1.29, 1.82) is 0 Å². The van der Waals surface area contributed by atoms with Crippen LogP contribution in [0, 0.1) is 0 Å². The summed E-state index contributed by atoms with van der Waals surface area (Å²) in [5.74, 6) is -4.32. The Kier molecular flexibility index (Phi) is 20.9. The normalized spacial score (nSPS) is 15.2. The molecule has 0 spiro atoms. The van der Waals surface area contributed by atoms with E-state index in [0.717, 1.165) is 0 Å². The number of nitrogens with two attached hydrogens (primary N) is 1. The van der Waals surface area contributed by atoms with Crippen LogP contribution in [0.5, 0.6) is 0 Å². The standard InChI is InChI=1S/C48H72N12O12/c1-46(2,3)70-37(63)28-58-20-21-59(29-38(64)71-47(4,5)6)23-25-60(24-22-58)34(44(69)72-48(7,8)9)15-17-36(62)51-19-18-50-35(61)16-14-33(43(67)68)55-41(65)30-10-12-31(13-11-30)52-26-32-27-53-40-39(54-32)42(66)57-45(49)56-40/h10-13,27,33-34,52H,14-26,28-29H2,1-9H3,(H,50,61)(H,51,62)(H,55,65)(H,67,68)(H3,49,53,56,57,66)/t33-,34?/m0/s1. The number of H-pyrrole nitrogens is 1. The van der Waals surface area contributed by atoms with E-state index >= 15 is 0 Å². The Morgan fingerprint density at radius 1 is 0.736 bits per heavy atom. The third-order valence-electron chi connectivity index (χ3n) is 10.6. The number of aromatic amines is 1. The number of carbonyl (C=O) groups excluding carboxylic acids is 6. The van der Waals surface area contributed by atoms with Crippen molar-refractivity contribution in [3.8, 4) is 0 Å². The Morgan fingerprint density at radius 2 is 1.25 bits per heavy atom. The second-order valence-corrected chi connectivity index (χ2v) is 20.4. The number of carbonyl (C=O) groups is 7. The number of amides is 3. The predicted molar refractivity (Wildman–Crippen MR) is 265 cm³/mol. The minimum absolute atomic E-state index is 0.0118. The molecule has 24 heteroatoms. The predicted octanol–water partition coefficient (Wildman–Crippen LogP) is 1.20. The average Bonchev–Trinajstić information content (AvgIpc) is 3.34. The molecule has 1 aliphatic rings. The van der Waals surface area contributed by atoms with Crippen molar-refractivity contribution in [2.45, 2.75) is 123 Å². The summed E-state index contributed by atoms with van der Waals surface area (Å²) in [4.78, 5) is 123. The van der Waals surface area contributed by atoms with E-state index in [9.17, 15) is 43.5 Å². The summed E-state index contributed by atoms with van der Waals surface area (Å²) in [6.07, 6.45) is 1.000. The van der Waals surface area contributed by atoms with Gasteiger partial charge in [-0.3, -0.25) is 53.2 Å². The van der Waals surface area contributed by atoms with Crippen LogP contribution in [0.3, 0.4) is 0 Å². The van der Waals surface area contributed by atoms with Crippen LogP contribution in [0.25, 0.3) is 11.2 Å². The molecular formula is C48H72N12O12. The molecule has 396 valence electrons. The zero-order valence-electron chi connectivity index (χ0n) is 42.8. The second-order valence-electron chi connectivity index (χ2n) is 20.4. The second kappa shape index (κ2) is 26.1. The maximum atomic E-state index is 13.8. The number of benzene rings is 1. The van der Waals surface area contributed by atoms with Crippen LogP contribution in [-0.4, -0.2) is 176 Å². The molecule has 4 rings (SSSR count). The first kappa shape index (κ1) is 57.8. The van der Waals surface area contributed by atoms with Crippen LogP contribution < -0.4 is 32.6 Å². The number of esters is 3. The number of aliphatic carboxylic acids is 1. The van der Waals surface area contributed by atoms with Gasteiger partial charge in [0.05, 0.1) is 31.5 Å². The molecule has 0 bridgehead atoms. The number of hydrogen-bond acceptors (Lipinski definition) is 19. The maximum absolute atomic E-state index is 13.8. The van der Waals surface area contributed by atoms with Gasteiger partial charge in [0.15, 0.2) is 11.2 Å². The van der Waals surface area contributed by atoms with Crippen molar-refractivity contribution in [3.05, 3.63) is 52.1 Å². The number of nitrogens with one attached hydrogen (secondary N) is 5. The first-order chi connectivity index (χ1) is 33.6. The number of carboxylic acids is 1. The molecule has 0 saturated carbocycles. The van der Waals surface area contributed by atoms with E-state index in [1.807, 2.05) is 14.7 Å². The quantitative estimate of drug-likeness (QED) is 0.0448. The molecule has 1 aliphatic heterocycles. The summed E-state index contributed by atoms with van der Waals surface area (Å²) in [5, 5.41) is 20.7. The Bertz CT molecular complexity index is 2390. The van der Waals surface area contributed by atoms with Gasteiger partial charge in [-0.15, -0.1) is 0 Å². The highest BCUT2D eigenvalue weighted by Crippen LogP contribution is 2.18. The summed E-state index contributed by atoms with van der Waals surface area (Å²) in [7, 11) is 0. The lowest BCUT2D eigenvalue weighted by molar-refractivity contribution is -0.163. The van der Waals surface area contributed by atoms with Crippen molar-refractivity contribution in [2.75, 3.05) is 76.5 Å². The van der Waals surface area contributed by atoms with E-state index in [0.29, 0.717) is 50.6 Å². The van der Waals surface area contributed by atoms with Gasteiger partial charge in [0.2, 0.25) is 17.8 Å². The Morgan fingerprint density at radius 3 is 1.76 bits per heavy atom. The Hall–Kier alpha value is -6.79. The number of anilines is 2. The fraction of sp³-hybridized carbons (Fsp3) is 0.604. The summed E-state index contributed by atoms with van der Waals surface area (Å²) in [6, 6.07) is 3.94. The minimum atomic E-state index is -1.38. The lowest BCUT2D eigenvalue weighted by atomic mass is 10.1. The van der Waals surface area contributed by atoms with Gasteiger partial charge in [-0.25, -0.2) is 14.8 Å². The van der Waals surface area contributed by atoms with E-state index in [1.54, 1.807) is 74.4 Å². The minimum Gasteiger partial charge on any atom is -0.480 e. The summed E-state index contributed by atoms with van der Waals surface area (Å²) in [5.41, 5.74) is 4.16. The molecule has 1 aromatic carbocycles. The summed E-state index contributed by atoms with van der Waals surface area (Å²) >= 11 is 0. The zero-order valence-corrected chi connectivity index (χ0v) is 42.8. The third kappa shape index (κ3) is 20.9. The fourth-order valence-corrected chi connectivity index (χ4v) is 7.33. The van der Waals surface area contributed by atoms with Gasteiger partial charge in [-0.05, 0) is 99.4 Å². The Labute approximate surface area is 418 Å². The first-order valence-corrected chi connectivity index (χ1v) is 23.9. The van der Waals surface area contributed by atoms with Crippen molar-refractivity contribution in [3.63, 3.8) is 0 Å². The molecule has 8 N–H and O–H groups in total. The number of hydrogen-bond donors (Lipinski definition) is 7. The number of fused-ring (bicyclic) bond motifs is 1. The molecule has 1 saturated heterocycles. The fourth-order valence-electron chi connectivity index (χ4n) is 7.33. The van der Waals surface area contributed by atoms with E-state index in [1.165, 1.54) is 18.3 Å². The highest BCUT2D eigenvalue weighted by atomic mass is 16.6. The molecule has 0 aliphatic carbocycles. The molecule has 3 aromatic rings. The molecule has 1 fully saturated rings. The van der Waals surface area contributed by atoms with Gasteiger partial charge in [0.1, 0.15) is 28.9 Å². The number of nitrogens with zero attached hydrogens (tertiary/aromatic N) is 6. The van der Waals surface area contributed by atoms with Crippen LogP contribution in [0.15, 0.2) is 35.3 Å². The van der Waals surface area contributed by atoms with Crippen LogP contribution in [0.4, 0.5) is 11.6 Å². The molecule has 0 radical (unpaired) electrons. The van der Waals surface area contributed by atoms with Crippen LogP contribution in [-0.2, 0) is 49.5 Å². The van der Waals surface area contributed by atoms with Crippen molar-refractivity contribution >= 4 is 64.4 Å². The van der Waals surface area contributed by atoms with Crippen molar-refractivity contribution in [2.24, 2.45) is 0 Å². The molecule has 72 heavy (non-hydrogen) atoms. The highest BCUT2D eigenvalue weighted by molar-refractivity contribution is 5.97. The van der Waals surface area contributed by atoms with Gasteiger partial charge < -0.3 is 46.3 Å². The van der Waals surface area contributed by atoms with Crippen LogP contribution in [0.1, 0.15) is 104 Å². The topological polar surface area (TPSA) is 323 Å². The van der Waals surface area contributed by atoms with E-state index in [4.69, 9.17) is 19.9 Å². The molecule has 3 amide bonds. The summed E-state index contributed by atoms with van der Waals surface area (Å²) < 4.78 is 17.0. The number of ether oxygens (including phenoxy) is 3. The van der Waals surface area contributed by atoms with Gasteiger partial charge in [-0.1, -0.05) is 0 Å². The van der Waals surface area contributed by atoms with E-state index in [-0.39, 0.29) is 81.1 Å². The van der Waals surface area contributed by atoms with Gasteiger partial charge >= 0.3 is 23.9 Å². The lowest BCUT2D eigenvalue weighted by Crippen LogP contribution is -2.49. The van der Waals surface area contributed by atoms with Crippen molar-refractivity contribution in [1.82, 2.24) is 50.6 Å². The molecule has 2 aromatic heterocycles. The Balaban J connectivity index is 1.27. The smallest absolute Gasteiger partial charge is 0.326 e. The van der Waals surface area contributed by atoms with Crippen LogP contribution in [0.2, 0.25) is 0 Å². The number of nitrogen functional groups attached to an aromatic ring is 1. The van der Waals surface area contributed by atoms with E-state index in [2.05, 4.69) is 41.2 Å². The number of rotatable bonds is 21. The SMILES string of the molecule is CC(C)(C)OC(=O)CN1CCN(CC(=O)OC(C)(C)C)CCN(C(CCC(=O)NCCNC(=O)CC[C@H](NC(=O)c2ccc(NCc3cnc4nc(N)[nH]c(=O)c4n3)cc2)C(=O)O)C(=O)OC(C)(C)C)CC1. The summed E-state index contributed by atoms with van der Waals surface area (Å²) in [6.45, 7) is 18.5. The highest BCUT2D eigenvalue weighted by Gasteiger charge is 2.33. The maximum Gasteiger partial charge on any atom is 0.326 e. The molecular weight excluding hydrogens is 937 g/mol. The number of carboxylic acid groups (broad SMARTS) is 1. The largest absolute Gasteiger partial charge is 0.480 e. The average molecular weight is 1010 g/mol. The molecule has 1 unspecified atom stereocenters. The monoisotopic (exact) mass is 1010 g/mol. The lowest BCUT2D eigenvalue weighted by Gasteiger charge is -2.33. The van der Waals surface area contributed by atoms with Crippen LogP contribution >= 0.6 is 0 Å². The first-order valence-electron chi connectivity index (χ1n) is 23.9. The van der Waals surface area contributed by atoms with Gasteiger partial charge in [-0.2, -0.15) is 4.98 Å². The van der Waals surface area contributed by atoms with Gasteiger partial charge in [0.25, 0.3) is 11.5 Å². The number of aromatic nitrogens is 4.